The molecule has 0 saturated carbocycles. The second-order valence-electron chi connectivity index (χ2n) is 4.50. The maximum Gasteiger partial charge on any atom is 0.330 e. The number of aromatic nitrogens is 1. The molecule has 0 aliphatic heterocycles. The number of fused-ring (bicyclic) bond motifs is 1. The van der Waals surface area contributed by atoms with Crippen LogP contribution in [0.15, 0.2) is 53.1 Å². The van der Waals surface area contributed by atoms with Crippen LogP contribution in [0.1, 0.15) is 5.56 Å². The Hall–Kier alpha value is -2.54. The second-order valence-corrected chi connectivity index (χ2v) is 5.28. The summed E-state index contributed by atoms with van der Waals surface area (Å²) in [4.78, 5) is 11.8. The van der Waals surface area contributed by atoms with Gasteiger partial charge in [-0.15, -0.1) is 0 Å². The zero-order chi connectivity index (χ0) is 15.4. The molecule has 3 aromatic rings. The van der Waals surface area contributed by atoms with Crippen molar-refractivity contribution in [3.8, 4) is 0 Å². The fourth-order valence-corrected chi connectivity index (χ4v) is 2.49. The van der Waals surface area contributed by atoms with E-state index >= 15 is 0 Å². The number of halogens is 1. The highest BCUT2D eigenvalue weighted by atomic mass is 32.2. The Labute approximate surface area is 130 Å². The predicted molar refractivity (Wildman–Crippen MR) is 83.9 cm³/mol. The lowest BCUT2D eigenvalue weighted by Gasteiger charge is -2.05. The van der Waals surface area contributed by atoms with Gasteiger partial charge in [-0.3, -0.25) is 10.0 Å². The predicted octanol–water partition coefficient (Wildman–Crippen LogP) is 3.94. The number of amides is 2. The third-order valence-electron chi connectivity index (χ3n) is 2.93. The summed E-state index contributed by atoms with van der Waals surface area (Å²) in [6, 6.07) is 13.0. The molecule has 0 aliphatic rings. The van der Waals surface area contributed by atoms with Crippen LogP contribution in [0.3, 0.4) is 0 Å². The van der Waals surface area contributed by atoms with Gasteiger partial charge in [-0.1, -0.05) is 29.4 Å². The number of hydrogen-bond donors (Lipinski definition) is 2. The Morgan fingerprint density at radius 2 is 1.95 bits per heavy atom. The number of anilines is 1. The first-order valence-electron chi connectivity index (χ1n) is 6.50. The van der Waals surface area contributed by atoms with Gasteiger partial charge in [0.05, 0.1) is 5.39 Å². The summed E-state index contributed by atoms with van der Waals surface area (Å²) in [5, 5.41) is 7.18. The molecule has 112 valence electrons. The van der Waals surface area contributed by atoms with E-state index in [1.807, 2.05) is 18.2 Å². The fraction of sp³-hybridized carbons (Fsp3) is 0.0667. The number of urea groups is 1. The van der Waals surface area contributed by atoms with E-state index in [9.17, 15) is 9.18 Å². The normalized spacial score (nSPS) is 10.6. The number of para-hydroxylation sites is 1. The number of carbonyl (C=O) groups is 1. The summed E-state index contributed by atoms with van der Waals surface area (Å²) < 4.78 is 20.5. The monoisotopic (exact) mass is 317 g/mol. The van der Waals surface area contributed by atoms with Crippen LogP contribution in [0.5, 0.6) is 0 Å². The second kappa shape index (κ2) is 6.48. The highest BCUT2D eigenvalue weighted by Crippen LogP contribution is 2.22. The van der Waals surface area contributed by atoms with Gasteiger partial charge >= 0.3 is 6.03 Å². The molecule has 7 heteroatoms. The van der Waals surface area contributed by atoms with Gasteiger partial charge in [-0.25, -0.2) is 9.18 Å². The Balaban J connectivity index is 1.53. The van der Waals surface area contributed by atoms with Crippen molar-refractivity contribution < 1.29 is 13.7 Å². The molecule has 0 bridgehead atoms. The lowest BCUT2D eigenvalue weighted by atomic mass is 10.2. The molecule has 0 spiro atoms. The Morgan fingerprint density at radius 3 is 2.77 bits per heavy atom. The third-order valence-corrected chi connectivity index (χ3v) is 3.73. The lowest BCUT2D eigenvalue weighted by Crippen LogP contribution is -2.23. The molecule has 0 aliphatic carbocycles. The van der Waals surface area contributed by atoms with Crippen LogP contribution >= 0.6 is 11.9 Å². The SMILES string of the molecule is O=C(NSCc1ccc(F)cc1)Nc1noc2ccccc12. The summed E-state index contributed by atoms with van der Waals surface area (Å²) >= 11 is 1.20. The van der Waals surface area contributed by atoms with Gasteiger partial charge < -0.3 is 4.52 Å². The zero-order valence-electron chi connectivity index (χ0n) is 11.4. The zero-order valence-corrected chi connectivity index (χ0v) is 12.2. The van der Waals surface area contributed by atoms with Crippen molar-refractivity contribution in [2.45, 2.75) is 5.75 Å². The molecule has 0 atom stereocenters. The molecule has 1 aromatic heterocycles. The number of nitrogens with one attached hydrogen (secondary N) is 2. The van der Waals surface area contributed by atoms with E-state index in [2.05, 4.69) is 15.2 Å². The summed E-state index contributed by atoms with van der Waals surface area (Å²) in [5.74, 6) is 0.626. The summed E-state index contributed by atoms with van der Waals surface area (Å²) in [7, 11) is 0. The van der Waals surface area contributed by atoms with Gasteiger partial charge in [0.25, 0.3) is 0 Å². The highest BCUT2D eigenvalue weighted by Gasteiger charge is 2.10. The summed E-state index contributed by atoms with van der Waals surface area (Å²) in [5.41, 5.74) is 1.52. The van der Waals surface area contributed by atoms with Crippen LogP contribution in [0.25, 0.3) is 11.0 Å². The molecule has 5 nitrogen and oxygen atoms in total. The van der Waals surface area contributed by atoms with Crippen LogP contribution in [-0.2, 0) is 5.75 Å². The van der Waals surface area contributed by atoms with E-state index in [-0.39, 0.29) is 5.82 Å². The molecule has 2 amide bonds. The van der Waals surface area contributed by atoms with Gasteiger partial charge in [-0.2, -0.15) is 0 Å². The van der Waals surface area contributed by atoms with Crippen molar-refractivity contribution in [3.63, 3.8) is 0 Å². The van der Waals surface area contributed by atoms with E-state index in [4.69, 9.17) is 4.52 Å². The molecular formula is C15H12FN3O2S. The Morgan fingerprint density at radius 1 is 1.18 bits per heavy atom. The van der Waals surface area contributed by atoms with Crippen LogP contribution in [0.4, 0.5) is 15.0 Å². The molecule has 2 N–H and O–H groups in total. The number of nitrogens with zero attached hydrogens (tertiary/aromatic N) is 1. The third kappa shape index (κ3) is 3.37. The number of rotatable bonds is 4. The largest absolute Gasteiger partial charge is 0.354 e. The van der Waals surface area contributed by atoms with Gasteiger partial charge in [-0.05, 0) is 41.8 Å². The molecule has 0 fully saturated rings. The Bertz CT molecular complexity index is 789. The van der Waals surface area contributed by atoms with Crippen LogP contribution in [-0.4, -0.2) is 11.2 Å². The quantitative estimate of drug-likeness (QED) is 0.715. The first-order chi connectivity index (χ1) is 10.7. The van der Waals surface area contributed by atoms with E-state index in [0.717, 1.165) is 10.9 Å². The molecule has 3 rings (SSSR count). The standard InChI is InChI=1S/C15H12FN3O2S/c16-11-7-5-10(6-8-11)9-22-19-15(20)17-14-12-3-1-2-4-13(12)21-18-14/h1-8H,9H2,(H2,17,18,19,20). The maximum absolute atomic E-state index is 12.8. The average molecular weight is 317 g/mol. The van der Waals surface area contributed by atoms with Gasteiger partial charge in [0.1, 0.15) is 5.82 Å². The Kier molecular flexibility index (Phi) is 4.24. The first-order valence-corrected chi connectivity index (χ1v) is 7.48. The van der Waals surface area contributed by atoms with Crippen LogP contribution in [0, 0.1) is 5.82 Å². The molecule has 2 aromatic carbocycles. The van der Waals surface area contributed by atoms with Crippen molar-refractivity contribution in [1.29, 1.82) is 0 Å². The minimum atomic E-state index is -0.397. The maximum atomic E-state index is 12.8. The van der Waals surface area contributed by atoms with Crippen LogP contribution in [0.2, 0.25) is 0 Å². The smallest absolute Gasteiger partial charge is 0.330 e. The molecule has 0 radical (unpaired) electrons. The molecule has 0 unspecified atom stereocenters. The van der Waals surface area contributed by atoms with Crippen molar-refractivity contribution in [1.82, 2.24) is 9.88 Å². The van der Waals surface area contributed by atoms with E-state index < -0.39 is 6.03 Å². The topological polar surface area (TPSA) is 67.2 Å². The van der Waals surface area contributed by atoms with Crippen molar-refractivity contribution in [3.05, 3.63) is 59.9 Å². The molecule has 1 heterocycles. The summed E-state index contributed by atoms with van der Waals surface area (Å²) in [6.07, 6.45) is 0. The van der Waals surface area contributed by atoms with E-state index in [0.29, 0.717) is 17.2 Å². The van der Waals surface area contributed by atoms with Gasteiger partial charge in [0.15, 0.2) is 11.4 Å². The lowest BCUT2D eigenvalue weighted by molar-refractivity contribution is 0.257. The van der Waals surface area contributed by atoms with Crippen molar-refractivity contribution in [2.75, 3.05) is 5.32 Å². The van der Waals surface area contributed by atoms with Crippen molar-refractivity contribution in [2.24, 2.45) is 0 Å². The van der Waals surface area contributed by atoms with E-state index in [1.54, 1.807) is 18.2 Å². The minimum Gasteiger partial charge on any atom is -0.354 e. The van der Waals surface area contributed by atoms with Gasteiger partial charge in [0.2, 0.25) is 0 Å². The number of hydrogen-bond acceptors (Lipinski definition) is 4. The van der Waals surface area contributed by atoms with Crippen molar-refractivity contribution >= 4 is 34.8 Å². The minimum absolute atomic E-state index is 0.280. The molecule has 0 saturated heterocycles. The summed E-state index contributed by atoms with van der Waals surface area (Å²) in [6.45, 7) is 0. The molecular weight excluding hydrogens is 305 g/mol. The highest BCUT2D eigenvalue weighted by molar-refractivity contribution is 7.97. The molecule has 22 heavy (non-hydrogen) atoms. The van der Waals surface area contributed by atoms with E-state index in [1.165, 1.54) is 24.1 Å². The fourth-order valence-electron chi connectivity index (χ4n) is 1.87. The number of benzene rings is 2. The van der Waals surface area contributed by atoms with Crippen LogP contribution < -0.4 is 10.0 Å². The first kappa shape index (κ1) is 14.4. The van der Waals surface area contributed by atoms with Gasteiger partial charge in [0, 0.05) is 5.75 Å². The average Bonchev–Trinajstić information content (AvgIpc) is 2.93. The number of carbonyl (C=O) groups excluding carboxylic acids is 1.